The Morgan fingerprint density at radius 2 is 2.12 bits per heavy atom. The van der Waals surface area contributed by atoms with E-state index in [4.69, 9.17) is 11.1 Å². The lowest BCUT2D eigenvalue weighted by Gasteiger charge is -2.25. The third-order valence-electron chi connectivity index (χ3n) is 2.75. The maximum atomic E-state index is 7.63. The maximum Gasteiger partial charge on any atom is 0.124 e. The highest BCUT2D eigenvalue weighted by Gasteiger charge is 2.11. The standard InChI is InChI=1S/C13H20BrN3/c1-3-5-8-17(4-2)12-9-10(14)6-7-11(12)13(15)16/h6-7,9H,3-5,8H2,1-2H3,(H3,15,16). The predicted molar refractivity (Wildman–Crippen MR) is 78.0 cm³/mol. The van der Waals surface area contributed by atoms with Crippen molar-refractivity contribution in [2.75, 3.05) is 18.0 Å². The molecule has 0 heterocycles. The summed E-state index contributed by atoms with van der Waals surface area (Å²) in [6.45, 7) is 6.24. The average Bonchev–Trinajstić information content (AvgIpc) is 2.29. The van der Waals surface area contributed by atoms with Crippen molar-refractivity contribution >= 4 is 27.5 Å². The van der Waals surface area contributed by atoms with Gasteiger partial charge in [-0.15, -0.1) is 0 Å². The first-order valence-electron chi connectivity index (χ1n) is 5.99. The fourth-order valence-electron chi connectivity index (χ4n) is 1.79. The minimum absolute atomic E-state index is 0.127. The van der Waals surface area contributed by atoms with E-state index in [1.807, 2.05) is 18.2 Å². The van der Waals surface area contributed by atoms with Gasteiger partial charge < -0.3 is 10.6 Å². The molecule has 1 rings (SSSR count). The van der Waals surface area contributed by atoms with E-state index in [0.717, 1.165) is 35.2 Å². The number of hydrogen-bond acceptors (Lipinski definition) is 2. The van der Waals surface area contributed by atoms with Crippen molar-refractivity contribution < 1.29 is 0 Å². The van der Waals surface area contributed by atoms with Gasteiger partial charge in [0, 0.05) is 28.8 Å². The summed E-state index contributed by atoms with van der Waals surface area (Å²) < 4.78 is 1.02. The average molecular weight is 298 g/mol. The molecule has 0 bridgehead atoms. The lowest BCUT2D eigenvalue weighted by atomic mass is 10.1. The summed E-state index contributed by atoms with van der Waals surface area (Å²) in [7, 11) is 0. The van der Waals surface area contributed by atoms with Crippen LogP contribution in [-0.4, -0.2) is 18.9 Å². The van der Waals surface area contributed by atoms with Crippen LogP contribution >= 0.6 is 15.9 Å². The summed E-state index contributed by atoms with van der Waals surface area (Å²) in [6.07, 6.45) is 2.32. The van der Waals surface area contributed by atoms with E-state index in [0.29, 0.717) is 0 Å². The van der Waals surface area contributed by atoms with Gasteiger partial charge in [0.1, 0.15) is 5.84 Å². The van der Waals surface area contributed by atoms with Gasteiger partial charge in [-0.25, -0.2) is 0 Å². The fourth-order valence-corrected chi connectivity index (χ4v) is 2.14. The zero-order chi connectivity index (χ0) is 12.8. The van der Waals surface area contributed by atoms with Crippen LogP contribution in [0.5, 0.6) is 0 Å². The quantitative estimate of drug-likeness (QED) is 0.625. The van der Waals surface area contributed by atoms with Crippen LogP contribution in [0.25, 0.3) is 0 Å². The number of anilines is 1. The summed E-state index contributed by atoms with van der Waals surface area (Å²) >= 11 is 3.47. The third kappa shape index (κ3) is 3.73. The Labute approximate surface area is 112 Å². The molecule has 0 aliphatic carbocycles. The van der Waals surface area contributed by atoms with E-state index in [2.05, 4.69) is 34.7 Å². The molecule has 94 valence electrons. The highest BCUT2D eigenvalue weighted by molar-refractivity contribution is 9.10. The highest BCUT2D eigenvalue weighted by atomic mass is 79.9. The van der Waals surface area contributed by atoms with Crippen LogP contribution in [0.3, 0.4) is 0 Å². The monoisotopic (exact) mass is 297 g/mol. The number of nitrogens with one attached hydrogen (secondary N) is 1. The molecule has 1 aromatic carbocycles. The second-order valence-corrected chi connectivity index (χ2v) is 4.92. The van der Waals surface area contributed by atoms with Gasteiger partial charge in [0.15, 0.2) is 0 Å². The van der Waals surface area contributed by atoms with Crippen LogP contribution in [0.2, 0.25) is 0 Å². The van der Waals surface area contributed by atoms with Crippen molar-refractivity contribution in [3.8, 4) is 0 Å². The molecule has 0 fully saturated rings. The summed E-state index contributed by atoms with van der Waals surface area (Å²) in [6, 6.07) is 5.86. The summed E-state index contributed by atoms with van der Waals surface area (Å²) in [5.74, 6) is 0.127. The SMILES string of the molecule is CCCCN(CC)c1cc(Br)ccc1C(=N)N. The largest absolute Gasteiger partial charge is 0.384 e. The fraction of sp³-hybridized carbons (Fsp3) is 0.462. The van der Waals surface area contributed by atoms with Crippen LogP contribution in [0, 0.1) is 5.41 Å². The summed E-state index contributed by atoms with van der Waals surface area (Å²) in [5.41, 5.74) is 7.48. The molecule has 0 radical (unpaired) electrons. The number of nitrogens with two attached hydrogens (primary N) is 1. The zero-order valence-corrected chi connectivity index (χ0v) is 12.0. The highest BCUT2D eigenvalue weighted by Crippen LogP contribution is 2.25. The number of nitrogens with zero attached hydrogens (tertiary/aromatic N) is 1. The maximum absolute atomic E-state index is 7.63. The molecule has 0 aromatic heterocycles. The number of halogens is 1. The molecule has 0 unspecified atom stereocenters. The van der Waals surface area contributed by atoms with Gasteiger partial charge in [-0.2, -0.15) is 0 Å². The van der Waals surface area contributed by atoms with Crippen LogP contribution in [0.1, 0.15) is 32.3 Å². The van der Waals surface area contributed by atoms with E-state index in [-0.39, 0.29) is 5.84 Å². The Morgan fingerprint density at radius 3 is 2.65 bits per heavy atom. The van der Waals surface area contributed by atoms with Gasteiger partial charge in [0.05, 0.1) is 0 Å². The van der Waals surface area contributed by atoms with Crippen molar-refractivity contribution in [2.24, 2.45) is 5.73 Å². The number of benzene rings is 1. The molecule has 1 aromatic rings. The Hall–Kier alpha value is -1.03. The minimum Gasteiger partial charge on any atom is -0.384 e. The normalized spacial score (nSPS) is 10.3. The topological polar surface area (TPSA) is 53.1 Å². The van der Waals surface area contributed by atoms with Crippen LogP contribution < -0.4 is 10.6 Å². The molecule has 0 amide bonds. The van der Waals surface area contributed by atoms with Crippen molar-refractivity contribution in [2.45, 2.75) is 26.7 Å². The molecule has 0 saturated heterocycles. The van der Waals surface area contributed by atoms with Crippen molar-refractivity contribution in [1.82, 2.24) is 0 Å². The molecule has 0 aliphatic rings. The molecule has 0 spiro atoms. The minimum atomic E-state index is 0.127. The lowest BCUT2D eigenvalue weighted by Crippen LogP contribution is -2.27. The van der Waals surface area contributed by atoms with Crippen LogP contribution in [-0.2, 0) is 0 Å². The summed E-state index contributed by atoms with van der Waals surface area (Å²) in [4.78, 5) is 2.27. The molecular weight excluding hydrogens is 278 g/mol. The lowest BCUT2D eigenvalue weighted by molar-refractivity contribution is 0.731. The number of unbranched alkanes of at least 4 members (excludes halogenated alkanes) is 1. The first kappa shape index (κ1) is 14.0. The molecule has 0 saturated carbocycles. The van der Waals surface area contributed by atoms with Gasteiger partial charge in [-0.05, 0) is 31.5 Å². The molecular formula is C13H20BrN3. The van der Waals surface area contributed by atoms with Gasteiger partial charge in [-0.3, -0.25) is 5.41 Å². The first-order valence-corrected chi connectivity index (χ1v) is 6.78. The second kappa shape index (κ2) is 6.64. The Morgan fingerprint density at radius 1 is 1.41 bits per heavy atom. The van der Waals surface area contributed by atoms with Crippen molar-refractivity contribution in [3.05, 3.63) is 28.2 Å². The molecule has 3 nitrogen and oxygen atoms in total. The Balaban J connectivity index is 3.06. The van der Waals surface area contributed by atoms with E-state index in [1.54, 1.807) is 0 Å². The number of rotatable bonds is 6. The first-order chi connectivity index (χ1) is 8.10. The van der Waals surface area contributed by atoms with Gasteiger partial charge in [0.2, 0.25) is 0 Å². The molecule has 0 aliphatic heterocycles. The van der Waals surface area contributed by atoms with E-state index in [1.165, 1.54) is 6.42 Å². The summed E-state index contributed by atoms with van der Waals surface area (Å²) in [5, 5.41) is 7.63. The van der Waals surface area contributed by atoms with Crippen molar-refractivity contribution in [1.29, 1.82) is 5.41 Å². The number of nitrogen functional groups attached to an aromatic ring is 1. The van der Waals surface area contributed by atoms with E-state index in [9.17, 15) is 0 Å². The van der Waals surface area contributed by atoms with E-state index >= 15 is 0 Å². The molecule has 17 heavy (non-hydrogen) atoms. The Bertz CT molecular complexity index is 390. The third-order valence-corrected chi connectivity index (χ3v) is 3.25. The van der Waals surface area contributed by atoms with Gasteiger partial charge in [-0.1, -0.05) is 29.3 Å². The van der Waals surface area contributed by atoms with Crippen LogP contribution in [0.15, 0.2) is 22.7 Å². The predicted octanol–water partition coefficient (Wildman–Crippen LogP) is 3.36. The zero-order valence-electron chi connectivity index (χ0n) is 10.5. The second-order valence-electron chi connectivity index (χ2n) is 4.01. The number of amidine groups is 1. The molecule has 4 heteroatoms. The molecule has 0 atom stereocenters. The van der Waals surface area contributed by atoms with Gasteiger partial charge >= 0.3 is 0 Å². The number of hydrogen-bond donors (Lipinski definition) is 2. The molecule has 3 N–H and O–H groups in total. The van der Waals surface area contributed by atoms with Gasteiger partial charge in [0.25, 0.3) is 0 Å². The van der Waals surface area contributed by atoms with Crippen LogP contribution in [0.4, 0.5) is 5.69 Å². The Kier molecular flexibility index (Phi) is 5.48. The smallest absolute Gasteiger partial charge is 0.124 e. The van der Waals surface area contributed by atoms with E-state index < -0.39 is 0 Å². The van der Waals surface area contributed by atoms with Crippen molar-refractivity contribution in [3.63, 3.8) is 0 Å².